The second-order valence-electron chi connectivity index (χ2n) is 4.24. The van der Waals surface area contributed by atoms with Crippen LogP contribution >= 0.6 is 11.6 Å². The Kier molecular flexibility index (Phi) is 3.98. The van der Waals surface area contributed by atoms with Crippen LogP contribution in [0.2, 0.25) is 5.15 Å². The number of hydrogen-bond donors (Lipinski definition) is 1. The molecule has 1 aromatic heterocycles. The van der Waals surface area contributed by atoms with Crippen LogP contribution in [0.5, 0.6) is 0 Å². The number of halogens is 1. The number of hydrogen-bond acceptors (Lipinski definition) is 6. The number of nitrogens with zero attached hydrogens (tertiary/aromatic N) is 2. The molecule has 10 heteroatoms. The summed E-state index contributed by atoms with van der Waals surface area (Å²) in [6.45, 7) is 0. The van der Waals surface area contributed by atoms with Gasteiger partial charge in [-0.15, -0.1) is 10.2 Å². The van der Waals surface area contributed by atoms with Gasteiger partial charge in [0.25, 0.3) is 0 Å². The molecule has 1 aromatic rings. The SMILES string of the molecule is O=S1(=O)CCC(S(=O)(=O)Nc2ccc(Cl)nn2)CC1. The van der Waals surface area contributed by atoms with Crippen LogP contribution in [0.4, 0.5) is 5.82 Å². The Morgan fingerprint density at radius 3 is 2.37 bits per heavy atom. The third-order valence-corrected chi connectivity index (χ3v) is 6.58. The summed E-state index contributed by atoms with van der Waals surface area (Å²) in [5.74, 6) is -0.145. The van der Waals surface area contributed by atoms with Crippen molar-refractivity contribution in [1.82, 2.24) is 10.2 Å². The first-order valence-electron chi connectivity index (χ1n) is 5.50. The summed E-state index contributed by atoms with van der Waals surface area (Å²) in [6, 6.07) is 2.81. The first-order valence-corrected chi connectivity index (χ1v) is 9.24. The number of sulfonamides is 1. The Hall–Kier alpha value is -0.930. The monoisotopic (exact) mass is 325 g/mol. The fourth-order valence-corrected chi connectivity index (χ4v) is 5.09. The molecule has 0 amide bonds. The highest BCUT2D eigenvalue weighted by Crippen LogP contribution is 2.21. The zero-order chi connectivity index (χ0) is 14.1. The van der Waals surface area contributed by atoms with Crippen LogP contribution in [0.1, 0.15) is 12.8 Å². The maximum atomic E-state index is 12.0. The highest BCUT2D eigenvalue weighted by Gasteiger charge is 2.33. The van der Waals surface area contributed by atoms with E-state index >= 15 is 0 Å². The molecular weight excluding hydrogens is 314 g/mol. The first-order chi connectivity index (χ1) is 8.78. The van der Waals surface area contributed by atoms with Crippen LogP contribution in [-0.4, -0.2) is 43.8 Å². The largest absolute Gasteiger partial charge is 0.266 e. The molecule has 0 aromatic carbocycles. The van der Waals surface area contributed by atoms with E-state index in [0.29, 0.717) is 0 Å². The summed E-state index contributed by atoms with van der Waals surface area (Å²) in [4.78, 5) is 0. The molecule has 0 atom stereocenters. The smallest absolute Gasteiger partial charge is 0.236 e. The Morgan fingerprint density at radius 2 is 1.84 bits per heavy atom. The topological polar surface area (TPSA) is 106 Å². The van der Waals surface area contributed by atoms with Gasteiger partial charge in [-0.3, -0.25) is 4.72 Å². The van der Waals surface area contributed by atoms with E-state index in [1.165, 1.54) is 12.1 Å². The molecule has 1 saturated heterocycles. The average Bonchev–Trinajstić information content (AvgIpc) is 2.31. The van der Waals surface area contributed by atoms with Crippen LogP contribution < -0.4 is 4.72 Å². The average molecular weight is 326 g/mol. The number of sulfone groups is 1. The second-order valence-corrected chi connectivity index (χ2v) is 8.89. The minimum absolute atomic E-state index is 0.0674. The van der Waals surface area contributed by atoms with Crippen LogP contribution in [-0.2, 0) is 19.9 Å². The summed E-state index contributed by atoms with van der Waals surface area (Å²) >= 11 is 5.55. The molecule has 2 rings (SSSR count). The van der Waals surface area contributed by atoms with E-state index in [9.17, 15) is 16.8 Å². The molecule has 0 aliphatic carbocycles. The van der Waals surface area contributed by atoms with Crippen molar-refractivity contribution in [3.63, 3.8) is 0 Å². The van der Waals surface area contributed by atoms with E-state index in [4.69, 9.17) is 11.6 Å². The van der Waals surface area contributed by atoms with Crippen molar-refractivity contribution >= 4 is 37.3 Å². The van der Waals surface area contributed by atoms with Crippen molar-refractivity contribution in [2.75, 3.05) is 16.2 Å². The first kappa shape index (κ1) is 14.5. The van der Waals surface area contributed by atoms with E-state index in [-0.39, 0.29) is 35.3 Å². The lowest BCUT2D eigenvalue weighted by Crippen LogP contribution is -2.36. The lowest BCUT2D eigenvalue weighted by atomic mass is 10.2. The molecule has 7 nitrogen and oxygen atoms in total. The van der Waals surface area contributed by atoms with Crippen LogP contribution in [0.25, 0.3) is 0 Å². The third-order valence-electron chi connectivity index (χ3n) is 2.82. The van der Waals surface area contributed by atoms with E-state index in [2.05, 4.69) is 14.9 Å². The summed E-state index contributed by atoms with van der Waals surface area (Å²) in [5, 5.41) is 6.55. The summed E-state index contributed by atoms with van der Waals surface area (Å²) in [7, 11) is -6.75. The number of nitrogens with one attached hydrogen (secondary N) is 1. The van der Waals surface area contributed by atoms with Crippen molar-refractivity contribution in [3.8, 4) is 0 Å². The number of anilines is 1. The lowest BCUT2D eigenvalue weighted by molar-refractivity contribution is 0.555. The Labute approximate surface area is 116 Å². The molecule has 0 radical (unpaired) electrons. The minimum atomic E-state index is -3.66. The molecule has 19 heavy (non-hydrogen) atoms. The molecule has 1 aliphatic rings. The van der Waals surface area contributed by atoms with Crippen molar-refractivity contribution in [2.24, 2.45) is 0 Å². The maximum Gasteiger partial charge on any atom is 0.236 e. The molecular formula is C9H12ClN3O4S2. The van der Waals surface area contributed by atoms with Gasteiger partial charge in [0, 0.05) is 0 Å². The molecule has 1 aliphatic heterocycles. The normalized spacial score (nSPS) is 20.1. The lowest BCUT2D eigenvalue weighted by Gasteiger charge is -2.22. The Balaban J connectivity index is 2.09. The standard InChI is InChI=1S/C9H12ClN3O4S2/c10-8-1-2-9(12-11-8)13-19(16,17)7-3-5-18(14,15)6-4-7/h1-2,7H,3-6H2,(H,12,13). The van der Waals surface area contributed by atoms with Gasteiger partial charge >= 0.3 is 0 Å². The molecule has 0 unspecified atom stereocenters. The van der Waals surface area contributed by atoms with Gasteiger partial charge in [-0.05, 0) is 25.0 Å². The van der Waals surface area contributed by atoms with Crippen LogP contribution in [0.15, 0.2) is 12.1 Å². The van der Waals surface area contributed by atoms with Crippen molar-refractivity contribution in [3.05, 3.63) is 17.3 Å². The summed E-state index contributed by atoms with van der Waals surface area (Å²) in [5.41, 5.74) is 0. The van der Waals surface area contributed by atoms with Crippen molar-refractivity contribution < 1.29 is 16.8 Å². The van der Waals surface area contributed by atoms with E-state index in [0.717, 1.165) is 0 Å². The van der Waals surface area contributed by atoms with Gasteiger partial charge in [-0.25, -0.2) is 16.8 Å². The number of rotatable bonds is 3. The fourth-order valence-electron chi connectivity index (χ4n) is 1.78. The third kappa shape index (κ3) is 3.77. The Morgan fingerprint density at radius 1 is 1.21 bits per heavy atom. The second kappa shape index (κ2) is 5.22. The van der Waals surface area contributed by atoms with Gasteiger partial charge in [0.1, 0.15) is 9.84 Å². The molecule has 2 heterocycles. The van der Waals surface area contributed by atoms with Gasteiger partial charge in [-0.2, -0.15) is 0 Å². The van der Waals surface area contributed by atoms with Crippen LogP contribution in [0, 0.1) is 0 Å². The van der Waals surface area contributed by atoms with Gasteiger partial charge in [-0.1, -0.05) is 11.6 Å². The number of aromatic nitrogens is 2. The molecule has 1 N–H and O–H groups in total. The molecule has 0 bridgehead atoms. The van der Waals surface area contributed by atoms with E-state index in [1.54, 1.807) is 0 Å². The van der Waals surface area contributed by atoms with Gasteiger partial charge in [0.05, 0.1) is 16.8 Å². The van der Waals surface area contributed by atoms with Gasteiger partial charge in [0.15, 0.2) is 11.0 Å². The predicted molar refractivity (Wildman–Crippen MR) is 71.3 cm³/mol. The predicted octanol–water partition coefficient (Wildman–Crippen LogP) is 0.449. The van der Waals surface area contributed by atoms with E-state index in [1.807, 2.05) is 0 Å². The highest BCUT2D eigenvalue weighted by molar-refractivity contribution is 7.94. The van der Waals surface area contributed by atoms with Crippen molar-refractivity contribution in [1.29, 1.82) is 0 Å². The minimum Gasteiger partial charge on any atom is -0.266 e. The molecule has 106 valence electrons. The maximum absolute atomic E-state index is 12.0. The molecule has 0 spiro atoms. The molecule has 0 saturated carbocycles. The van der Waals surface area contributed by atoms with E-state index < -0.39 is 25.1 Å². The van der Waals surface area contributed by atoms with Crippen LogP contribution in [0.3, 0.4) is 0 Å². The highest BCUT2D eigenvalue weighted by atomic mass is 35.5. The quantitative estimate of drug-likeness (QED) is 0.864. The summed E-state index contributed by atoms with van der Waals surface area (Å²) in [6.07, 6.45) is 0.192. The molecule has 1 fully saturated rings. The summed E-state index contributed by atoms with van der Waals surface area (Å²) < 4.78 is 48.9. The Bertz CT molecular complexity index is 643. The zero-order valence-electron chi connectivity index (χ0n) is 9.78. The van der Waals surface area contributed by atoms with Gasteiger partial charge < -0.3 is 0 Å². The fraction of sp³-hybridized carbons (Fsp3) is 0.556. The van der Waals surface area contributed by atoms with Crippen molar-refractivity contribution in [2.45, 2.75) is 18.1 Å². The zero-order valence-corrected chi connectivity index (χ0v) is 12.2. The van der Waals surface area contributed by atoms with Gasteiger partial charge in [0.2, 0.25) is 10.0 Å².